The molecule has 0 bridgehead atoms. The molecule has 5 nitrogen and oxygen atoms in total. The summed E-state index contributed by atoms with van der Waals surface area (Å²) in [5, 5.41) is 20.7. The zero-order chi connectivity index (χ0) is 15.0. The summed E-state index contributed by atoms with van der Waals surface area (Å²) >= 11 is 0. The largest absolute Gasteiger partial charge is 0.508 e. The molecule has 3 N–H and O–H groups in total. The van der Waals surface area contributed by atoms with Gasteiger partial charge in [-0.05, 0) is 24.6 Å². The van der Waals surface area contributed by atoms with Crippen LogP contribution in [0.5, 0.6) is 5.75 Å². The van der Waals surface area contributed by atoms with Crippen LogP contribution in [0.4, 0.5) is 0 Å². The van der Waals surface area contributed by atoms with E-state index >= 15 is 0 Å². The lowest BCUT2D eigenvalue weighted by Crippen LogP contribution is -2.41. The normalized spacial score (nSPS) is 12.7. The van der Waals surface area contributed by atoms with Crippen LogP contribution < -0.4 is 5.32 Å². The predicted octanol–water partition coefficient (Wildman–Crippen LogP) is 1.64. The van der Waals surface area contributed by atoms with Gasteiger partial charge >= 0.3 is 5.97 Å². The first-order chi connectivity index (χ1) is 9.52. The van der Waals surface area contributed by atoms with E-state index in [0.717, 1.165) is 0 Å². The number of allylic oxidation sites excluding steroid dienone is 3. The lowest BCUT2D eigenvalue weighted by molar-refractivity contribution is -0.141. The molecule has 0 fully saturated rings. The van der Waals surface area contributed by atoms with Crippen LogP contribution in [0.2, 0.25) is 0 Å². The Morgan fingerprint density at radius 3 is 2.45 bits per heavy atom. The van der Waals surface area contributed by atoms with Gasteiger partial charge in [0.1, 0.15) is 11.8 Å². The number of aliphatic carboxylic acids is 1. The number of rotatable bonds is 6. The molecule has 1 aromatic carbocycles. The maximum Gasteiger partial charge on any atom is 0.326 e. The van der Waals surface area contributed by atoms with Gasteiger partial charge in [-0.2, -0.15) is 0 Å². The Kier molecular flexibility index (Phi) is 6.03. The van der Waals surface area contributed by atoms with E-state index in [9.17, 15) is 9.59 Å². The van der Waals surface area contributed by atoms with Gasteiger partial charge in [0.25, 0.3) is 0 Å². The molecule has 1 atom stereocenters. The second-order valence-corrected chi connectivity index (χ2v) is 4.15. The second kappa shape index (κ2) is 7.78. The van der Waals surface area contributed by atoms with Crippen LogP contribution in [0.25, 0.3) is 0 Å². The summed E-state index contributed by atoms with van der Waals surface area (Å²) in [5.41, 5.74) is 0.716. The number of benzene rings is 1. The number of hydrogen-bond donors (Lipinski definition) is 3. The zero-order valence-corrected chi connectivity index (χ0v) is 11.1. The molecule has 5 heteroatoms. The molecule has 0 aliphatic carbocycles. The Labute approximate surface area is 117 Å². The van der Waals surface area contributed by atoms with Crippen LogP contribution in [-0.4, -0.2) is 28.1 Å². The summed E-state index contributed by atoms with van der Waals surface area (Å²) in [4.78, 5) is 22.7. The van der Waals surface area contributed by atoms with Gasteiger partial charge in [0.2, 0.25) is 5.91 Å². The molecule has 0 saturated carbocycles. The van der Waals surface area contributed by atoms with E-state index in [1.165, 1.54) is 24.3 Å². The standard InChI is InChI=1S/C15H17NO4/c1-2-3-4-5-14(18)16-13(15(19)20)10-11-6-8-12(17)9-7-11/h2-9,13,17H,10H2,1H3,(H,16,18)(H,19,20)/t13-/m1/s1. The first kappa shape index (κ1) is 15.5. The summed E-state index contributed by atoms with van der Waals surface area (Å²) in [5.74, 6) is -1.46. The molecule has 1 amide bonds. The van der Waals surface area contributed by atoms with Gasteiger partial charge in [-0.3, -0.25) is 4.79 Å². The smallest absolute Gasteiger partial charge is 0.326 e. The molecule has 0 aliphatic rings. The van der Waals surface area contributed by atoms with E-state index < -0.39 is 17.9 Å². The number of amides is 1. The Balaban J connectivity index is 2.67. The number of carbonyl (C=O) groups is 2. The van der Waals surface area contributed by atoms with Crippen LogP contribution in [0.1, 0.15) is 12.5 Å². The molecule has 1 aromatic rings. The number of nitrogens with one attached hydrogen (secondary N) is 1. The third-order valence-corrected chi connectivity index (χ3v) is 2.54. The molecule has 0 aromatic heterocycles. The maximum atomic E-state index is 11.5. The molecule has 106 valence electrons. The number of carbonyl (C=O) groups excluding carboxylic acids is 1. The van der Waals surface area contributed by atoms with Crippen LogP contribution in [0, 0.1) is 0 Å². The molecule has 1 rings (SSSR count). The van der Waals surface area contributed by atoms with Crippen LogP contribution >= 0.6 is 0 Å². The summed E-state index contributed by atoms with van der Waals surface area (Å²) in [7, 11) is 0. The minimum atomic E-state index is -1.11. The first-order valence-corrected chi connectivity index (χ1v) is 6.13. The van der Waals surface area contributed by atoms with E-state index in [-0.39, 0.29) is 12.2 Å². The molecule has 0 unspecified atom stereocenters. The van der Waals surface area contributed by atoms with Gasteiger partial charge in [0.15, 0.2) is 0 Å². The third kappa shape index (κ3) is 5.39. The fourth-order valence-electron chi connectivity index (χ4n) is 1.54. The number of aromatic hydroxyl groups is 1. The Morgan fingerprint density at radius 1 is 1.25 bits per heavy atom. The third-order valence-electron chi connectivity index (χ3n) is 2.54. The van der Waals surface area contributed by atoms with E-state index in [4.69, 9.17) is 10.2 Å². The molecular formula is C15H17NO4. The monoisotopic (exact) mass is 275 g/mol. The van der Waals surface area contributed by atoms with Crippen LogP contribution in [0.15, 0.2) is 48.6 Å². The minimum absolute atomic E-state index is 0.110. The predicted molar refractivity (Wildman–Crippen MR) is 75.3 cm³/mol. The first-order valence-electron chi connectivity index (χ1n) is 6.13. The van der Waals surface area contributed by atoms with Crippen molar-refractivity contribution in [1.29, 1.82) is 0 Å². The number of phenols is 1. The van der Waals surface area contributed by atoms with Crippen LogP contribution in [-0.2, 0) is 16.0 Å². The van der Waals surface area contributed by atoms with E-state index in [2.05, 4.69) is 5.32 Å². The van der Waals surface area contributed by atoms with Gasteiger partial charge in [0.05, 0.1) is 0 Å². The van der Waals surface area contributed by atoms with Gasteiger partial charge in [-0.25, -0.2) is 4.79 Å². The van der Waals surface area contributed by atoms with Crippen molar-refractivity contribution in [1.82, 2.24) is 5.32 Å². The molecule has 20 heavy (non-hydrogen) atoms. The van der Waals surface area contributed by atoms with Crippen molar-refractivity contribution in [2.75, 3.05) is 0 Å². The fraction of sp³-hybridized carbons (Fsp3) is 0.200. The van der Waals surface area contributed by atoms with Crippen molar-refractivity contribution < 1.29 is 19.8 Å². The SMILES string of the molecule is CC=CC=CC(=O)N[C@H](Cc1ccc(O)cc1)C(=O)O. The Morgan fingerprint density at radius 2 is 1.90 bits per heavy atom. The molecule has 0 radical (unpaired) electrons. The van der Waals surface area contributed by atoms with Crippen molar-refractivity contribution >= 4 is 11.9 Å². The van der Waals surface area contributed by atoms with Crippen molar-refractivity contribution in [2.24, 2.45) is 0 Å². The van der Waals surface area contributed by atoms with Gasteiger partial charge in [-0.1, -0.05) is 30.4 Å². The van der Waals surface area contributed by atoms with Crippen LogP contribution in [0.3, 0.4) is 0 Å². The van der Waals surface area contributed by atoms with E-state index in [1.54, 1.807) is 24.3 Å². The van der Waals surface area contributed by atoms with Gasteiger partial charge in [0, 0.05) is 12.5 Å². The number of carboxylic acid groups (broad SMARTS) is 1. The molecule has 0 spiro atoms. The van der Waals surface area contributed by atoms with Crippen molar-refractivity contribution in [3.63, 3.8) is 0 Å². The fourth-order valence-corrected chi connectivity index (χ4v) is 1.54. The summed E-state index contributed by atoms with van der Waals surface area (Å²) in [6, 6.07) is 5.17. The molecule has 0 aliphatic heterocycles. The van der Waals surface area contributed by atoms with E-state index in [1.807, 2.05) is 6.92 Å². The van der Waals surface area contributed by atoms with Gasteiger partial charge < -0.3 is 15.5 Å². The summed E-state index contributed by atoms with van der Waals surface area (Å²) in [6.07, 6.45) is 6.39. The maximum absolute atomic E-state index is 11.5. The van der Waals surface area contributed by atoms with Crippen molar-refractivity contribution in [2.45, 2.75) is 19.4 Å². The van der Waals surface area contributed by atoms with Gasteiger partial charge in [-0.15, -0.1) is 0 Å². The van der Waals surface area contributed by atoms with Crippen molar-refractivity contribution in [3.05, 3.63) is 54.1 Å². The average molecular weight is 275 g/mol. The lowest BCUT2D eigenvalue weighted by atomic mass is 10.1. The lowest BCUT2D eigenvalue weighted by Gasteiger charge is -2.13. The van der Waals surface area contributed by atoms with E-state index in [0.29, 0.717) is 5.56 Å². The molecule has 0 heterocycles. The highest BCUT2D eigenvalue weighted by atomic mass is 16.4. The highest BCUT2D eigenvalue weighted by Gasteiger charge is 2.19. The zero-order valence-electron chi connectivity index (χ0n) is 11.1. The Bertz CT molecular complexity index is 517. The quantitative estimate of drug-likeness (QED) is 0.544. The average Bonchev–Trinajstić information content (AvgIpc) is 2.40. The number of phenolic OH excluding ortho intramolecular Hbond substituents is 1. The summed E-state index contributed by atoms with van der Waals surface area (Å²) < 4.78 is 0. The highest BCUT2D eigenvalue weighted by molar-refractivity contribution is 5.91. The molecule has 0 saturated heterocycles. The topological polar surface area (TPSA) is 86.6 Å². The summed E-state index contributed by atoms with van der Waals surface area (Å²) in [6.45, 7) is 1.81. The second-order valence-electron chi connectivity index (χ2n) is 4.15. The van der Waals surface area contributed by atoms with Crippen molar-refractivity contribution in [3.8, 4) is 5.75 Å². The molecular weight excluding hydrogens is 258 g/mol. The number of carboxylic acids is 1. The minimum Gasteiger partial charge on any atom is -0.508 e. The number of hydrogen-bond acceptors (Lipinski definition) is 3. The highest BCUT2D eigenvalue weighted by Crippen LogP contribution is 2.11. The Hall–Kier alpha value is -2.56.